The fourth-order valence-corrected chi connectivity index (χ4v) is 2.95. The van der Waals surface area contributed by atoms with Gasteiger partial charge in [0.05, 0.1) is 5.60 Å². The van der Waals surface area contributed by atoms with E-state index < -0.39 is 5.60 Å². The summed E-state index contributed by atoms with van der Waals surface area (Å²) in [6.07, 6.45) is 7.22. The molecule has 2 fully saturated rings. The molecule has 0 unspecified atom stereocenters. The number of nitrogens with zero attached hydrogens (tertiary/aromatic N) is 2. The number of aliphatic hydroxyl groups is 1. The number of hydrogen-bond acceptors (Lipinski definition) is 4. The summed E-state index contributed by atoms with van der Waals surface area (Å²) in [5.74, 6) is 1.08. The number of anilines is 1. The quantitative estimate of drug-likeness (QED) is 0.863. The van der Waals surface area contributed by atoms with Crippen molar-refractivity contribution in [2.24, 2.45) is 0 Å². The van der Waals surface area contributed by atoms with Crippen LogP contribution in [0.3, 0.4) is 0 Å². The van der Waals surface area contributed by atoms with Gasteiger partial charge in [0.1, 0.15) is 5.82 Å². The zero-order chi connectivity index (χ0) is 13.1. The summed E-state index contributed by atoms with van der Waals surface area (Å²) in [7, 11) is 0. The van der Waals surface area contributed by atoms with E-state index >= 15 is 0 Å². The average molecular weight is 261 g/mol. The van der Waals surface area contributed by atoms with Crippen molar-refractivity contribution in [3.63, 3.8) is 0 Å². The van der Waals surface area contributed by atoms with Gasteiger partial charge in [-0.25, -0.2) is 4.98 Å². The molecule has 4 heteroatoms. The third-order valence-electron chi connectivity index (χ3n) is 4.47. The highest BCUT2D eigenvalue weighted by Crippen LogP contribution is 2.31. The molecule has 0 aromatic carbocycles. The van der Waals surface area contributed by atoms with Crippen LogP contribution in [-0.4, -0.2) is 41.4 Å². The van der Waals surface area contributed by atoms with Crippen molar-refractivity contribution in [1.29, 1.82) is 0 Å². The van der Waals surface area contributed by atoms with Gasteiger partial charge in [0.15, 0.2) is 0 Å². The van der Waals surface area contributed by atoms with Gasteiger partial charge in [0.25, 0.3) is 0 Å². The second-order valence-electron chi connectivity index (χ2n) is 5.91. The molecule has 19 heavy (non-hydrogen) atoms. The fraction of sp³-hybridized carbons (Fsp3) is 0.667. The summed E-state index contributed by atoms with van der Waals surface area (Å²) < 4.78 is 0. The molecule has 4 nitrogen and oxygen atoms in total. The Hall–Kier alpha value is -1.13. The monoisotopic (exact) mass is 261 g/mol. The van der Waals surface area contributed by atoms with Crippen molar-refractivity contribution in [2.45, 2.75) is 43.7 Å². The van der Waals surface area contributed by atoms with Crippen LogP contribution in [0.2, 0.25) is 0 Å². The van der Waals surface area contributed by atoms with Crippen molar-refractivity contribution >= 4 is 5.82 Å². The van der Waals surface area contributed by atoms with Crippen molar-refractivity contribution in [3.05, 3.63) is 24.4 Å². The lowest BCUT2D eigenvalue weighted by atomic mass is 9.80. The van der Waals surface area contributed by atoms with E-state index in [0.717, 1.165) is 51.1 Å². The Kier molecular flexibility index (Phi) is 3.71. The average Bonchev–Trinajstić information content (AvgIpc) is 2.45. The molecule has 1 aromatic heterocycles. The van der Waals surface area contributed by atoms with Crippen molar-refractivity contribution in [2.75, 3.05) is 24.5 Å². The Morgan fingerprint density at radius 1 is 1.32 bits per heavy atom. The topological polar surface area (TPSA) is 48.4 Å². The molecule has 0 bridgehead atoms. The van der Waals surface area contributed by atoms with E-state index in [0.29, 0.717) is 6.04 Å². The highest BCUT2D eigenvalue weighted by Gasteiger charge is 2.34. The third kappa shape index (κ3) is 3.07. The molecule has 3 rings (SSSR count). The molecule has 1 aliphatic heterocycles. The van der Waals surface area contributed by atoms with E-state index in [1.165, 1.54) is 6.42 Å². The molecular weight excluding hydrogens is 238 g/mol. The standard InChI is InChI=1S/C15H23N3O/c19-15(7-3-8-15)12-17-13-5-10-18(11-6-13)14-4-1-2-9-16-14/h1-2,4,9,13,17,19H,3,5-8,10-12H2. The highest BCUT2D eigenvalue weighted by molar-refractivity contribution is 5.38. The molecule has 0 radical (unpaired) electrons. The van der Waals surface area contributed by atoms with Gasteiger partial charge in [-0.05, 0) is 44.2 Å². The smallest absolute Gasteiger partial charge is 0.128 e. The maximum atomic E-state index is 10.1. The molecule has 1 aromatic rings. The zero-order valence-electron chi connectivity index (χ0n) is 11.4. The first-order chi connectivity index (χ1) is 9.25. The summed E-state index contributed by atoms with van der Waals surface area (Å²) in [6, 6.07) is 6.62. The van der Waals surface area contributed by atoms with Crippen LogP contribution in [0, 0.1) is 0 Å². The SMILES string of the molecule is OC1(CNC2CCN(c3ccccn3)CC2)CCC1. The molecule has 2 N–H and O–H groups in total. The van der Waals surface area contributed by atoms with Gasteiger partial charge in [0.2, 0.25) is 0 Å². The van der Waals surface area contributed by atoms with Gasteiger partial charge in [-0.1, -0.05) is 6.07 Å². The number of nitrogens with one attached hydrogen (secondary N) is 1. The molecule has 0 atom stereocenters. The van der Waals surface area contributed by atoms with Crippen LogP contribution in [0.5, 0.6) is 0 Å². The third-order valence-corrected chi connectivity index (χ3v) is 4.47. The molecule has 1 saturated carbocycles. The van der Waals surface area contributed by atoms with Gasteiger partial charge in [0, 0.05) is 31.9 Å². The first-order valence-corrected chi connectivity index (χ1v) is 7.37. The predicted octanol–water partition coefficient (Wildman–Crippen LogP) is 1.55. The molecule has 2 aliphatic rings. The first-order valence-electron chi connectivity index (χ1n) is 7.37. The Balaban J connectivity index is 1.44. The molecule has 104 valence electrons. The lowest BCUT2D eigenvalue weighted by Crippen LogP contribution is -2.51. The van der Waals surface area contributed by atoms with Crippen LogP contribution >= 0.6 is 0 Å². The lowest BCUT2D eigenvalue weighted by molar-refractivity contribution is -0.0336. The van der Waals surface area contributed by atoms with Gasteiger partial charge < -0.3 is 15.3 Å². The number of hydrogen-bond donors (Lipinski definition) is 2. The van der Waals surface area contributed by atoms with Crippen LogP contribution < -0.4 is 10.2 Å². The van der Waals surface area contributed by atoms with E-state index in [4.69, 9.17) is 0 Å². The van der Waals surface area contributed by atoms with E-state index in [1.807, 2.05) is 18.3 Å². The normalized spacial score (nSPS) is 23.1. The van der Waals surface area contributed by atoms with E-state index in [-0.39, 0.29) is 0 Å². The predicted molar refractivity (Wildman–Crippen MR) is 76.3 cm³/mol. The minimum absolute atomic E-state index is 0.405. The van der Waals surface area contributed by atoms with Crippen LogP contribution in [0.25, 0.3) is 0 Å². The number of pyridine rings is 1. The van der Waals surface area contributed by atoms with E-state index in [1.54, 1.807) is 0 Å². The molecule has 0 amide bonds. The second-order valence-corrected chi connectivity index (χ2v) is 5.91. The van der Waals surface area contributed by atoms with Gasteiger partial charge in [-0.15, -0.1) is 0 Å². The number of aromatic nitrogens is 1. The summed E-state index contributed by atoms with van der Waals surface area (Å²) in [6.45, 7) is 2.86. The van der Waals surface area contributed by atoms with Crippen molar-refractivity contribution in [1.82, 2.24) is 10.3 Å². The molecule has 1 saturated heterocycles. The zero-order valence-corrected chi connectivity index (χ0v) is 11.4. The minimum Gasteiger partial charge on any atom is -0.389 e. The maximum absolute atomic E-state index is 10.1. The number of rotatable bonds is 4. The van der Waals surface area contributed by atoms with Crippen LogP contribution in [0.15, 0.2) is 24.4 Å². The molecular formula is C15H23N3O. The van der Waals surface area contributed by atoms with E-state index in [2.05, 4.69) is 21.3 Å². The summed E-state index contributed by atoms with van der Waals surface area (Å²) in [5.41, 5.74) is -0.405. The van der Waals surface area contributed by atoms with Gasteiger partial charge in [-0.2, -0.15) is 0 Å². The molecule has 2 heterocycles. The van der Waals surface area contributed by atoms with E-state index in [9.17, 15) is 5.11 Å². The lowest BCUT2D eigenvalue weighted by Gasteiger charge is -2.39. The fourth-order valence-electron chi connectivity index (χ4n) is 2.95. The molecule has 1 aliphatic carbocycles. The van der Waals surface area contributed by atoms with Crippen LogP contribution in [0.1, 0.15) is 32.1 Å². The Morgan fingerprint density at radius 2 is 2.11 bits per heavy atom. The Labute approximate surface area is 114 Å². The number of piperidine rings is 1. The van der Waals surface area contributed by atoms with Crippen molar-refractivity contribution in [3.8, 4) is 0 Å². The summed E-state index contributed by atoms with van der Waals surface area (Å²) >= 11 is 0. The molecule has 0 spiro atoms. The Bertz CT molecular complexity index is 397. The van der Waals surface area contributed by atoms with Gasteiger partial charge in [-0.3, -0.25) is 0 Å². The summed E-state index contributed by atoms with van der Waals surface area (Å²) in [5, 5.41) is 13.6. The van der Waals surface area contributed by atoms with Crippen LogP contribution in [0.4, 0.5) is 5.82 Å². The van der Waals surface area contributed by atoms with Gasteiger partial charge >= 0.3 is 0 Å². The second kappa shape index (κ2) is 5.47. The maximum Gasteiger partial charge on any atom is 0.128 e. The minimum atomic E-state index is -0.405. The largest absolute Gasteiger partial charge is 0.389 e. The van der Waals surface area contributed by atoms with Crippen molar-refractivity contribution < 1.29 is 5.11 Å². The van der Waals surface area contributed by atoms with Crippen LogP contribution in [-0.2, 0) is 0 Å². The highest BCUT2D eigenvalue weighted by atomic mass is 16.3. The summed E-state index contributed by atoms with van der Waals surface area (Å²) in [4.78, 5) is 6.74. The first kappa shape index (κ1) is 12.9. The Morgan fingerprint density at radius 3 is 2.68 bits per heavy atom.